The van der Waals surface area contributed by atoms with Crippen molar-refractivity contribution < 1.29 is 22.7 Å². The summed E-state index contributed by atoms with van der Waals surface area (Å²) in [6.07, 6.45) is 5.21. The van der Waals surface area contributed by atoms with Gasteiger partial charge in [0.05, 0.1) is 19.1 Å². The highest BCUT2D eigenvalue weighted by Crippen LogP contribution is 2.31. The number of nitrogens with one attached hydrogen (secondary N) is 1. The number of methoxy groups -OCH3 is 1. The molecule has 0 bridgehead atoms. The Labute approximate surface area is 228 Å². The highest BCUT2D eigenvalue weighted by molar-refractivity contribution is 7.92. The van der Waals surface area contributed by atoms with Gasteiger partial charge in [0.1, 0.15) is 18.3 Å². The van der Waals surface area contributed by atoms with Crippen molar-refractivity contribution >= 4 is 50.7 Å². The first-order chi connectivity index (χ1) is 17.6. The van der Waals surface area contributed by atoms with Gasteiger partial charge in [-0.15, -0.1) is 0 Å². The van der Waals surface area contributed by atoms with Crippen LogP contribution in [0.3, 0.4) is 0 Å². The van der Waals surface area contributed by atoms with Crippen LogP contribution in [0.2, 0.25) is 10.0 Å². The summed E-state index contributed by atoms with van der Waals surface area (Å²) in [6.45, 7) is 1.22. The molecule has 1 aliphatic rings. The van der Waals surface area contributed by atoms with E-state index in [9.17, 15) is 18.0 Å². The number of benzene rings is 2. The van der Waals surface area contributed by atoms with Gasteiger partial charge in [0, 0.05) is 28.2 Å². The average molecular weight is 571 g/mol. The van der Waals surface area contributed by atoms with E-state index in [-0.39, 0.29) is 24.2 Å². The highest BCUT2D eigenvalue weighted by atomic mass is 35.5. The molecule has 1 N–H and O–H groups in total. The summed E-state index contributed by atoms with van der Waals surface area (Å²) in [5.74, 6) is -0.553. The zero-order valence-electron chi connectivity index (χ0n) is 21.2. The monoisotopic (exact) mass is 569 g/mol. The number of hydrogen-bond acceptors (Lipinski definition) is 5. The number of anilines is 1. The molecule has 0 saturated heterocycles. The minimum atomic E-state index is -3.89. The van der Waals surface area contributed by atoms with Gasteiger partial charge in [-0.05, 0) is 43.5 Å². The number of para-hydroxylation sites is 2. The maximum atomic E-state index is 13.9. The number of nitrogens with zero attached hydrogens (tertiary/aromatic N) is 2. The van der Waals surface area contributed by atoms with Crippen LogP contribution in [-0.2, 0) is 26.2 Å². The molecule has 1 aliphatic carbocycles. The molecule has 1 atom stereocenters. The molecule has 0 unspecified atom stereocenters. The molecule has 11 heteroatoms. The molecule has 3 rings (SSSR count). The first-order valence-corrected chi connectivity index (χ1v) is 14.8. The van der Waals surface area contributed by atoms with Gasteiger partial charge in [-0.3, -0.25) is 13.9 Å². The van der Waals surface area contributed by atoms with E-state index in [0.29, 0.717) is 27.8 Å². The molecule has 2 aromatic rings. The topological polar surface area (TPSA) is 96.0 Å². The number of carbonyl (C=O) groups is 2. The van der Waals surface area contributed by atoms with Gasteiger partial charge >= 0.3 is 0 Å². The van der Waals surface area contributed by atoms with E-state index in [4.69, 9.17) is 27.9 Å². The molecule has 1 saturated carbocycles. The highest BCUT2D eigenvalue weighted by Gasteiger charge is 2.34. The van der Waals surface area contributed by atoms with Gasteiger partial charge in [-0.2, -0.15) is 0 Å². The van der Waals surface area contributed by atoms with Crippen LogP contribution in [-0.4, -0.2) is 57.1 Å². The molecule has 37 heavy (non-hydrogen) atoms. The van der Waals surface area contributed by atoms with Crippen molar-refractivity contribution in [3.8, 4) is 5.75 Å². The van der Waals surface area contributed by atoms with Crippen LogP contribution in [0.1, 0.15) is 44.6 Å². The summed E-state index contributed by atoms with van der Waals surface area (Å²) in [6, 6.07) is 10.8. The molecule has 0 aliphatic heterocycles. The van der Waals surface area contributed by atoms with Crippen molar-refractivity contribution in [1.82, 2.24) is 10.2 Å². The standard InChI is InChI=1S/C26H33Cl2N3O5S/c1-4-22(26(33)29-18-10-5-6-11-18)30(16-19-20(27)12-9-13-21(19)28)25(32)17-31(37(3,34)35)23-14-7-8-15-24(23)36-2/h7-9,12-15,18,22H,4-6,10-11,16-17H2,1-3H3,(H,29,33)/t22-/m0/s1. The van der Waals surface area contributed by atoms with Crippen LogP contribution >= 0.6 is 23.2 Å². The van der Waals surface area contributed by atoms with E-state index in [0.717, 1.165) is 36.2 Å². The molecule has 2 aromatic carbocycles. The molecule has 0 radical (unpaired) electrons. The molecule has 2 amide bonds. The lowest BCUT2D eigenvalue weighted by molar-refractivity contribution is -0.140. The third-order valence-electron chi connectivity index (χ3n) is 6.51. The lowest BCUT2D eigenvalue weighted by Gasteiger charge is -2.34. The Morgan fingerprint density at radius 2 is 1.70 bits per heavy atom. The van der Waals surface area contributed by atoms with Crippen molar-refractivity contribution in [2.75, 3.05) is 24.2 Å². The van der Waals surface area contributed by atoms with Gasteiger partial charge < -0.3 is 15.0 Å². The minimum Gasteiger partial charge on any atom is -0.495 e. The molecular weight excluding hydrogens is 537 g/mol. The fourth-order valence-corrected chi connectivity index (χ4v) is 5.94. The molecule has 8 nitrogen and oxygen atoms in total. The minimum absolute atomic E-state index is 0.0581. The number of hydrogen-bond donors (Lipinski definition) is 1. The van der Waals surface area contributed by atoms with Crippen molar-refractivity contribution in [2.45, 2.75) is 57.7 Å². The van der Waals surface area contributed by atoms with Crippen LogP contribution in [0.25, 0.3) is 0 Å². The number of sulfonamides is 1. The molecule has 0 spiro atoms. The average Bonchev–Trinajstić information content (AvgIpc) is 3.36. The maximum Gasteiger partial charge on any atom is 0.244 e. The second kappa shape index (κ2) is 12.8. The Morgan fingerprint density at radius 1 is 1.08 bits per heavy atom. The molecule has 0 heterocycles. The summed E-state index contributed by atoms with van der Waals surface area (Å²) in [5.41, 5.74) is 0.703. The summed E-state index contributed by atoms with van der Waals surface area (Å²) < 4.78 is 31.9. The largest absolute Gasteiger partial charge is 0.495 e. The van der Waals surface area contributed by atoms with Crippen molar-refractivity contribution in [2.24, 2.45) is 0 Å². The van der Waals surface area contributed by atoms with E-state index in [1.54, 1.807) is 42.5 Å². The Bertz CT molecular complexity index is 1200. The second-order valence-electron chi connectivity index (χ2n) is 9.08. The number of carbonyl (C=O) groups excluding carboxylic acids is 2. The number of amides is 2. The Balaban J connectivity index is 1.99. The van der Waals surface area contributed by atoms with E-state index in [2.05, 4.69) is 5.32 Å². The number of rotatable bonds is 11. The molecule has 0 aromatic heterocycles. The predicted molar refractivity (Wildman–Crippen MR) is 147 cm³/mol. The quantitative estimate of drug-likeness (QED) is 0.425. The molecule has 1 fully saturated rings. The zero-order chi connectivity index (χ0) is 27.2. The molecular formula is C26H33Cl2N3O5S. The van der Waals surface area contributed by atoms with Crippen LogP contribution in [0.4, 0.5) is 5.69 Å². The van der Waals surface area contributed by atoms with Crippen LogP contribution in [0, 0.1) is 0 Å². The van der Waals surface area contributed by atoms with Gasteiger partial charge in [-0.1, -0.05) is 61.2 Å². The first-order valence-electron chi connectivity index (χ1n) is 12.2. The SMILES string of the molecule is CC[C@@H](C(=O)NC1CCCC1)N(Cc1c(Cl)cccc1Cl)C(=O)CN(c1ccccc1OC)S(C)(=O)=O. The Morgan fingerprint density at radius 3 is 2.27 bits per heavy atom. The second-order valence-corrected chi connectivity index (χ2v) is 11.8. The lowest BCUT2D eigenvalue weighted by Crippen LogP contribution is -2.53. The Kier molecular flexibility index (Phi) is 10.1. The summed E-state index contributed by atoms with van der Waals surface area (Å²) in [7, 11) is -2.46. The third kappa shape index (κ3) is 7.30. The van der Waals surface area contributed by atoms with Crippen molar-refractivity contribution in [3.63, 3.8) is 0 Å². The van der Waals surface area contributed by atoms with E-state index in [1.165, 1.54) is 12.0 Å². The first kappa shape index (κ1) is 29.1. The van der Waals surface area contributed by atoms with Crippen LogP contribution in [0.5, 0.6) is 5.75 Å². The van der Waals surface area contributed by atoms with Crippen LogP contribution < -0.4 is 14.4 Å². The summed E-state index contributed by atoms with van der Waals surface area (Å²) in [5, 5.41) is 3.76. The van der Waals surface area contributed by atoms with Gasteiger partial charge in [0.15, 0.2) is 0 Å². The number of halogens is 2. The number of ether oxygens (including phenoxy) is 1. The normalized spacial score (nSPS) is 14.7. The van der Waals surface area contributed by atoms with Gasteiger partial charge in [-0.25, -0.2) is 8.42 Å². The van der Waals surface area contributed by atoms with Gasteiger partial charge in [0.2, 0.25) is 21.8 Å². The fourth-order valence-electron chi connectivity index (χ4n) is 4.57. The van der Waals surface area contributed by atoms with Gasteiger partial charge in [0.25, 0.3) is 0 Å². The third-order valence-corrected chi connectivity index (χ3v) is 8.35. The van der Waals surface area contributed by atoms with E-state index < -0.39 is 28.5 Å². The zero-order valence-corrected chi connectivity index (χ0v) is 23.6. The predicted octanol–water partition coefficient (Wildman–Crippen LogP) is 4.63. The smallest absolute Gasteiger partial charge is 0.244 e. The summed E-state index contributed by atoms with van der Waals surface area (Å²) in [4.78, 5) is 28.6. The summed E-state index contributed by atoms with van der Waals surface area (Å²) >= 11 is 12.8. The van der Waals surface area contributed by atoms with Crippen molar-refractivity contribution in [3.05, 3.63) is 58.1 Å². The maximum absolute atomic E-state index is 13.9. The van der Waals surface area contributed by atoms with Crippen LogP contribution in [0.15, 0.2) is 42.5 Å². The van der Waals surface area contributed by atoms with E-state index in [1.807, 2.05) is 6.92 Å². The fraction of sp³-hybridized carbons (Fsp3) is 0.462. The van der Waals surface area contributed by atoms with E-state index >= 15 is 0 Å². The lowest BCUT2D eigenvalue weighted by atomic mass is 10.1. The van der Waals surface area contributed by atoms with Crippen molar-refractivity contribution in [1.29, 1.82) is 0 Å². The Hall–Kier alpha value is -2.49. The molecule has 202 valence electrons.